The Morgan fingerprint density at radius 2 is 1.76 bits per heavy atom. The highest BCUT2D eigenvalue weighted by Gasteiger charge is 2.27. The molecule has 2 unspecified atom stereocenters. The molecule has 0 aliphatic carbocycles. The maximum Gasteiger partial charge on any atom is 0.255 e. The van der Waals surface area contributed by atoms with Gasteiger partial charge >= 0.3 is 0 Å². The molecular formula is C22H28ClN3O3. The van der Waals surface area contributed by atoms with Crippen LogP contribution >= 0.6 is 12.4 Å². The zero-order valence-corrected chi connectivity index (χ0v) is 17.3. The topological polar surface area (TPSA) is 93.5 Å². The van der Waals surface area contributed by atoms with Crippen molar-refractivity contribution in [2.75, 3.05) is 18.5 Å². The summed E-state index contributed by atoms with van der Waals surface area (Å²) in [4.78, 5) is 24.9. The molecule has 2 aromatic rings. The van der Waals surface area contributed by atoms with E-state index in [1.165, 1.54) is 0 Å². The molecule has 0 radical (unpaired) electrons. The molecule has 0 bridgehead atoms. The number of hydrogen-bond acceptors (Lipinski definition) is 4. The third-order valence-corrected chi connectivity index (χ3v) is 5.12. The molecule has 1 aliphatic rings. The van der Waals surface area contributed by atoms with Gasteiger partial charge in [0.2, 0.25) is 5.91 Å². The molecule has 1 saturated heterocycles. The second-order valence-corrected chi connectivity index (χ2v) is 7.15. The maximum atomic E-state index is 12.5. The normalized spacial score (nSPS) is 16.2. The van der Waals surface area contributed by atoms with Gasteiger partial charge in [0.05, 0.1) is 12.1 Å². The first-order chi connectivity index (χ1) is 13.5. The van der Waals surface area contributed by atoms with Crippen molar-refractivity contribution in [3.8, 4) is 0 Å². The molecule has 6 nitrogen and oxygen atoms in total. The number of anilines is 1. The van der Waals surface area contributed by atoms with Crippen LogP contribution in [0.2, 0.25) is 0 Å². The van der Waals surface area contributed by atoms with Crippen LogP contribution in [0.1, 0.15) is 41.7 Å². The van der Waals surface area contributed by atoms with E-state index in [0.717, 1.165) is 18.4 Å². The quantitative estimate of drug-likeness (QED) is 0.672. The van der Waals surface area contributed by atoms with Gasteiger partial charge in [-0.25, -0.2) is 0 Å². The summed E-state index contributed by atoms with van der Waals surface area (Å²) in [7, 11) is 0. The number of benzene rings is 2. The van der Waals surface area contributed by atoms with E-state index in [4.69, 9.17) is 10.5 Å². The van der Waals surface area contributed by atoms with E-state index in [0.29, 0.717) is 24.5 Å². The standard InChI is InChI=1S/C22H27N3O3.ClH/c1-15(24-22(27)20(23)16-10-12-28-13-11-16)18-8-5-9-19(14-18)25-21(26)17-6-3-2-4-7-17;/h2-9,14-16,20H,10-13,23H2,1H3,(H,24,27)(H,25,26);1H. The van der Waals surface area contributed by atoms with Gasteiger partial charge in [-0.2, -0.15) is 0 Å². The number of ether oxygens (including phenoxy) is 1. The van der Waals surface area contributed by atoms with Gasteiger partial charge in [-0.15, -0.1) is 12.4 Å². The first-order valence-corrected chi connectivity index (χ1v) is 9.64. The lowest BCUT2D eigenvalue weighted by Gasteiger charge is -2.28. The summed E-state index contributed by atoms with van der Waals surface area (Å²) in [6.45, 7) is 3.22. The minimum atomic E-state index is -0.535. The molecule has 7 heteroatoms. The summed E-state index contributed by atoms with van der Waals surface area (Å²) in [6, 6.07) is 15.8. The van der Waals surface area contributed by atoms with Gasteiger partial charge in [0, 0.05) is 24.5 Å². The number of rotatable bonds is 6. The fourth-order valence-electron chi connectivity index (χ4n) is 3.36. The number of hydrogen-bond donors (Lipinski definition) is 3. The van der Waals surface area contributed by atoms with Crippen molar-refractivity contribution < 1.29 is 14.3 Å². The van der Waals surface area contributed by atoms with Gasteiger partial charge in [-0.1, -0.05) is 30.3 Å². The van der Waals surface area contributed by atoms with Crippen molar-refractivity contribution >= 4 is 29.9 Å². The summed E-state index contributed by atoms with van der Waals surface area (Å²) >= 11 is 0. The minimum Gasteiger partial charge on any atom is -0.381 e. The summed E-state index contributed by atoms with van der Waals surface area (Å²) in [5.41, 5.74) is 8.33. The van der Waals surface area contributed by atoms with Crippen LogP contribution in [0.4, 0.5) is 5.69 Å². The second kappa shape index (κ2) is 11.0. The third-order valence-electron chi connectivity index (χ3n) is 5.12. The van der Waals surface area contributed by atoms with E-state index in [-0.39, 0.29) is 36.2 Å². The van der Waals surface area contributed by atoms with Gasteiger partial charge < -0.3 is 21.1 Å². The van der Waals surface area contributed by atoms with Gasteiger partial charge in [-0.05, 0) is 55.5 Å². The van der Waals surface area contributed by atoms with Crippen LogP contribution in [-0.2, 0) is 9.53 Å². The summed E-state index contributed by atoms with van der Waals surface area (Å²) in [5, 5.41) is 5.88. The molecule has 2 atom stereocenters. The summed E-state index contributed by atoms with van der Waals surface area (Å²) < 4.78 is 5.34. The van der Waals surface area contributed by atoms with Crippen molar-refractivity contribution in [1.29, 1.82) is 0 Å². The Bertz CT molecular complexity index is 810. The number of halogens is 1. The Balaban J connectivity index is 0.00000300. The lowest BCUT2D eigenvalue weighted by molar-refractivity contribution is -0.125. The second-order valence-electron chi connectivity index (χ2n) is 7.15. The molecule has 3 rings (SSSR count). The molecule has 2 aromatic carbocycles. The number of carbonyl (C=O) groups excluding carboxylic acids is 2. The van der Waals surface area contributed by atoms with Crippen LogP contribution in [-0.4, -0.2) is 31.1 Å². The van der Waals surface area contributed by atoms with Crippen molar-refractivity contribution in [2.24, 2.45) is 11.7 Å². The Kier molecular flexibility index (Phi) is 8.64. The third kappa shape index (κ3) is 6.29. The SMILES string of the molecule is CC(NC(=O)C(N)C1CCOCC1)c1cccc(NC(=O)c2ccccc2)c1.Cl. The van der Waals surface area contributed by atoms with Crippen molar-refractivity contribution in [3.05, 3.63) is 65.7 Å². The van der Waals surface area contributed by atoms with Crippen molar-refractivity contribution in [1.82, 2.24) is 5.32 Å². The number of nitrogens with one attached hydrogen (secondary N) is 2. The monoisotopic (exact) mass is 417 g/mol. The fourth-order valence-corrected chi connectivity index (χ4v) is 3.36. The average molecular weight is 418 g/mol. The van der Waals surface area contributed by atoms with E-state index in [2.05, 4.69) is 10.6 Å². The zero-order valence-electron chi connectivity index (χ0n) is 16.5. The predicted octanol–water partition coefficient (Wildman–Crippen LogP) is 3.29. The van der Waals surface area contributed by atoms with Crippen molar-refractivity contribution in [3.63, 3.8) is 0 Å². The predicted molar refractivity (Wildman–Crippen MR) is 116 cm³/mol. The molecule has 1 aliphatic heterocycles. The fraction of sp³-hybridized carbons (Fsp3) is 0.364. The molecular weight excluding hydrogens is 390 g/mol. The van der Waals surface area contributed by atoms with Crippen LogP contribution in [0.15, 0.2) is 54.6 Å². The lowest BCUT2D eigenvalue weighted by atomic mass is 9.91. The summed E-state index contributed by atoms with van der Waals surface area (Å²) in [6.07, 6.45) is 1.62. The average Bonchev–Trinajstić information content (AvgIpc) is 2.74. The van der Waals surface area contributed by atoms with E-state index < -0.39 is 6.04 Å². The molecule has 1 heterocycles. The van der Waals surface area contributed by atoms with E-state index in [1.54, 1.807) is 12.1 Å². The Labute approximate surface area is 177 Å². The smallest absolute Gasteiger partial charge is 0.255 e. The van der Waals surface area contributed by atoms with Gasteiger partial charge in [-0.3, -0.25) is 9.59 Å². The van der Waals surface area contributed by atoms with Gasteiger partial charge in [0.1, 0.15) is 0 Å². The largest absolute Gasteiger partial charge is 0.381 e. The molecule has 0 saturated carbocycles. The molecule has 2 amide bonds. The maximum absolute atomic E-state index is 12.5. The highest BCUT2D eigenvalue weighted by molar-refractivity contribution is 6.04. The van der Waals surface area contributed by atoms with Gasteiger partial charge in [0.15, 0.2) is 0 Å². The van der Waals surface area contributed by atoms with E-state index in [9.17, 15) is 9.59 Å². The molecule has 1 fully saturated rings. The van der Waals surface area contributed by atoms with Crippen LogP contribution in [0, 0.1) is 5.92 Å². The molecule has 29 heavy (non-hydrogen) atoms. The van der Waals surface area contributed by atoms with E-state index in [1.807, 2.05) is 49.4 Å². The lowest BCUT2D eigenvalue weighted by Crippen LogP contribution is -2.47. The Hall–Kier alpha value is -2.41. The molecule has 156 valence electrons. The van der Waals surface area contributed by atoms with Crippen LogP contribution in [0.5, 0.6) is 0 Å². The van der Waals surface area contributed by atoms with Gasteiger partial charge in [0.25, 0.3) is 5.91 Å². The molecule has 0 spiro atoms. The number of nitrogens with two attached hydrogens (primary N) is 1. The highest BCUT2D eigenvalue weighted by Crippen LogP contribution is 2.21. The molecule has 0 aromatic heterocycles. The molecule has 4 N–H and O–H groups in total. The van der Waals surface area contributed by atoms with Crippen molar-refractivity contribution in [2.45, 2.75) is 31.8 Å². The Morgan fingerprint density at radius 3 is 2.45 bits per heavy atom. The van der Waals surface area contributed by atoms with Crippen LogP contribution in [0.3, 0.4) is 0 Å². The highest BCUT2D eigenvalue weighted by atomic mass is 35.5. The first-order valence-electron chi connectivity index (χ1n) is 9.64. The zero-order chi connectivity index (χ0) is 19.9. The Morgan fingerprint density at radius 1 is 1.07 bits per heavy atom. The first kappa shape index (κ1) is 22.9. The minimum absolute atomic E-state index is 0. The number of amides is 2. The number of carbonyl (C=O) groups is 2. The van der Waals surface area contributed by atoms with E-state index >= 15 is 0 Å². The summed E-state index contributed by atoms with van der Waals surface area (Å²) in [5.74, 6) is -0.174. The van der Waals surface area contributed by atoms with Crippen LogP contribution in [0.25, 0.3) is 0 Å². The van der Waals surface area contributed by atoms with Crippen LogP contribution < -0.4 is 16.4 Å².